The van der Waals surface area contributed by atoms with Gasteiger partial charge in [-0.15, -0.1) is 0 Å². The highest BCUT2D eigenvalue weighted by atomic mass is 16.5. The number of pyridine rings is 1. The number of rotatable bonds is 5. The number of nitrogens with zero attached hydrogens (tertiary/aromatic N) is 1. The second-order valence-electron chi connectivity index (χ2n) is 5.21. The molecule has 0 unspecified atom stereocenters. The van der Waals surface area contributed by atoms with Crippen molar-refractivity contribution in [2.45, 2.75) is 13.5 Å². The van der Waals surface area contributed by atoms with Crippen LogP contribution < -0.4 is 20.3 Å². The zero-order chi connectivity index (χ0) is 17.1. The lowest BCUT2D eigenvalue weighted by atomic mass is 10.1. The van der Waals surface area contributed by atoms with Gasteiger partial charge in [-0.25, -0.2) is 0 Å². The highest BCUT2D eigenvalue weighted by Crippen LogP contribution is 2.28. The predicted octanol–water partition coefficient (Wildman–Crippen LogP) is 1.46. The predicted molar refractivity (Wildman–Crippen MR) is 86.8 cm³/mol. The summed E-state index contributed by atoms with van der Waals surface area (Å²) in [5, 5.41) is 2.65. The van der Waals surface area contributed by atoms with Crippen LogP contribution in [0.3, 0.4) is 0 Å². The Labute approximate surface area is 137 Å². The number of fused-ring (bicyclic) bond motifs is 1. The lowest BCUT2D eigenvalue weighted by Crippen LogP contribution is -2.26. The maximum Gasteiger partial charge on any atom is 0.293 e. The molecule has 1 amide bonds. The van der Waals surface area contributed by atoms with Crippen LogP contribution in [0.1, 0.15) is 17.3 Å². The smallest absolute Gasteiger partial charge is 0.293 e. The molecule has 0 atom stereocenters. The topological polar surface area (TPSA) is 86.6 Å². The summed E-state index contributed by atoms with van der Waals surface area (Å²) in [6.45, 7) is 2.00. The second kappa shape index (κ2) is 6.57. The lowest BCUT2D eigenvalue weighted by Gasteiger charge is -2.18. The average Bonchev–Trinajstić information content (AvgIpc) is 2.58. The fraction of sp³-hybridized carbons (Fsp3) is 0.235. The molecule has 0 radical (unpaired) electrons. The van der Waals surface area contributed by atoms with Crippen molar-refractivity contribution in [3.05, 3.63) is 52.4 Å². The Morgan fingerprint density at radius 3 is 2.96 bits per heavy atom. The summed E-state index contributed by atoms with van der Waals surface area (Å²) in [6.07, 6.45) is 1.53. The molecule has 0 saturated heterocycles. The van der Waals surface area contributed by atoms with E-state index in [0.29, 0.717) is 23.6 Å². The molecule has 0 aliphatic carbocycles. The number of amides is 1. The van der Waals surface area contributed by atoms with E-state index >= 15 is 0 Å². The number of aromatic nitrogens is 1. The minimum atomic E-state index is -0.359. The van der Waals surface area contributed by atoms with E-state index in [1.165, 1.54) is 10.8 Å². The molecule has 1 aromatic heterocycles. The monoisotopic (exact) mass is 328 g/mol. The van der Waals surface area contributed by atoms with Gasteiger partial charge in [0.25, 0.3) is 11.5 Å². The van der Waals surface area contributed by atoms with Gasteiger partial charge in [0.15, 0.2) is 18.1 Å². The number of ether oxygens (including phenoxy) is 2. The van der Waals surface area contributed by atoms with Gasteiger partial charge in [0, 0.05) is 11.8 Å². The third-order valence-electron chi connectivity index (χ3n) is 3.53. The minimum absolute atomic E-state index is 0.0418. The van der Waals surface area contributed by atoms with Crippen molar-refractivity contribution in [1.82, 2.24) is 4.57 Å². The van der Waals surface area contributed by atoms with E-state index in [4.69, 9.17) is 9.47 Å². The molecule has 124 valence electrons. The van der Waals surface area contributed by atoms with E-state index in [0.717, 1.165) is 0 Å². The summed E-state index contributed by atoms with van der Waals surface area (Å²) in [5.74, 6) is 0.196. The Hall–Kier alpha value is -3.09. The summed E-state index contributed by atoms with van der Waals surface area (Å²) < 4.78 is 11.8. The molecule has 0 bridgehead atoms. The summed E-state index contributed by atoms with van der Waals surface area (Å²) >= 11 is 0. The number of carbonyl (C=O) groups excluding carboxylic acids is 2. The minimum Gasteiger partial charge on any atom is -0.488 e. The molecule has 2 aromatic rings. The first-order chi connectivity index (χ1) is 11.6. The maximum absolute atomic E-state index is 12.4. The number of Topliss-reactive ketones (excluding diaryl/α,β-unsaturated/α-hetero) is 1. The van der Waals surface area contributed by atoms with E-state index in [9.17, 15) is 14.4 Å². The summed E-state index contributed by atoms with van der Waals surface area (Å²) in [5.41, 5.74) is 0.475. The van der Waals surface area contributed by atoms with E-state index in [1.807, 2.05) is 0 Å². The zero-order valence-corrected chi connectivity index (χ0v) is 13.1. The van der Waals surface area contributed by atoms with E-state index in [2.05, 4.69) is 5.32 Å². The number of hydrogen-bond donors (Lipinski definition) is 1. The Morgan fingerprint density at radius 1 is 1.33 bits per heavy atom. The molecule has 3 rings (SSSR count). The number of ketones is 1. The first-order valence-electron chi connectivity index (χ1n) is 7.50. The van der Waals surface area contributed by atoms with Crippen LogP contribution in [0.15, 0.2) is 41.3 Å². The number of carbonyl (C=O) groups is 2. The molecule has 1 aliphatic heterocycles. The number of hydrogen-bond acceptors (Lipinski definition) is 5. The van der Waals surface area contributed by atoms with Crippen LogP contribution in [0, 0.1) is 0 Å². The van der Waals surface area contributed by atoms with Crippen molar-refractivity contribution in [3.8, 4) is 11.5 Å². The van der Waals surface area contributed by atoms with Crippen LogP contribution in [0.25, 0.3) is 0 Å². The maximum atomic E-state index is 12.4. The molecular formula is C17H16N2O5. The van der Waals surface area contributed by atoms with Crippen molar-refractivity contribution in [3.63, 3.8) is 0 Å². The van der Waals surface area contributed by atoms with Gasteiger partial charge in [-0.1, -0.05) is 0 Å². The molecule has 0 spiro atoms. The molecule has 1 N–H and O–H groups in total. The van der Waals surface area contributed by atoms with Gasteiger partial charge in [-0.3, -0.25) is 14.4 Å². The highest BCUT2D eigenvalue weighted by Gasteiger charge is 2.18. The van der Waals surface area contributed by atoms with Crippen molar-refractivity contribution >= 4 is 17.4 Å². The molecule has 24 heavy (non-hydrogen) atoms. The van der Waals surface area contributed by atoms with Gasteiger partial charge in [-0.05, 0) is 37.3 Å². The van der Waals surface area contributed by atoms with Gasteiger partial charge in [-0.2, -0.15) is 0 Å². The van der Waals surface area contributed by atoms with Crippen molar-refractivity contribution in [2.75, 3.05) is 18.5 Å². The Kier molecular flexibility index (Phi) is 4.33. The normalized spacial score (nSPS) is 12.8. The second-order valence-corrected chi connectivity index (χ2v) is 5.21. The van der Waals surface area contributed by atoms with Gasteiger partial charge >= 0.3 is 0 Å². The molecule has 1 aromatic carbocycles. The van der Waals surface area contributed by atoms with Crippen LogP contribution in [0.2, 0.25) is 0 Å². The molecule has 2 heterocycles. The molecule has 7 nitrogen and oxygen atoms in total. The van der Waals surface area contributed by atoms with Crippen LogP contribution in [0.5, 0.6) is 11.5 Å². The fourth-order valence-corrected chi connectivity index (χ4v) is 2.41. The molecular weight excluding hydrogens is 312 g/mol. The summed E-state index contributed by atoms with van der Waals surface area (Å²) in [4.78, 5) is 36.0. The van der Waals surface area contributed by atoms with E-state index in [1.54, 1.807) is 37.3 Å². The Bertz CT molecular complexity index is 856. The number of nitrogens with one attached hydrogen (secondary N) is 1. The summed E-state index contributed by atoms with van der Waals surface area (Å²) in [7, 11) is 0. The van der Waals surface area contributed by atoms with E-state index in [-0.39, 0.29) is 36.2 Å². The average molecular weight is 328 g/mol. The Morgan fingerprint density at radius 2 is 2.17 bits per heavy atom. The van der Waals surface area contributed by atoms with Crippen LogP contribution in [0.4, 0.5) is 5.69 Å². The Balaban J connectivity index is 1.83. The quantitative estimate of drug-likeness (QED) is 0.840. The van der Waals surface area contributed by atoms with Crippen molar-refractivity contribution in [1.29, 1.82) is 0 Å². The summed E-state index contributed by atoms with van der Waals surface area (Å²) in [6, 6.07) is 8.00. The molecule has 1 aliphatic rings. The van der Waals surface area contributed by atoms with Gasteiger partial charge in [0.1, 0.15) is 5.75 Å². The van der Waals surface area contributed by atoms with Crippen LogP contribution >= 0.6 is 0 Å². The number of benzene rings is 1. The fourth-order valence-electron chi connectivity index (χ4n) is 2.41. The molecule has 0 fully saturated rings. The van der Waals surface area contributed by atoms with Gasteiger partial charge in [0.2, 0.25) is 0 Å². The standard InChI is InChI=1S/C17H16N2O5/c1-2-23-15-4-3-7-19(17(15)22)9-13(20)11-5-6-14-12(8-11)18-16(21)10-24-14/h3-8H,2,9-10H2,1H3,(H,18,21). The molecule has 0 saturated carbocycles. The van der Waals surface area contributed by atoms with Crippen molar-refractivity contribution in [2.24, 2.45) is 0 Å². The zero-order valence-electron chi connectivity index (χ0n) is 13.1. The SMILES string of the molecule is CCOc1cccn(CC(=O)c2ccc3c(c2)NC(=O)CO3)c1=O. The van der Waals surface area contributed by atoms with Gasteiger partial charge < -0.3 is 19.4 Å². The first kappa shape index (κ1) is 15.8. The third-order valence-corrected chi connectivity index (χ3v) is 3.53. The highest BCUT2D eigenvalue weighted by molar-refractivity contribution is 6.00. The van der Waals surface area contributed by atoms with Crippen molar-refractivity contribution < 1.29 is 19.1 Å². The third kappa shape index (κ3) is 3.15. The van der Waals surface area contributed by atoms with Crippen LogP contribution in [-0.4, -0.2) is 29.5 Å². The first-order valence-corrected chi connectivity index (χ1v) is 7.50. The molecule has 7 heteroatoms. The lowest BCUT2D eigenvalue weighted by molar-refractivity contribution is -0.118. The number of anilines is 1. The van der Waals surface area contributed by atoms with Gasteiger partial charge in [0.05, 0.1) is 18.8 Å². The largest absolute Gasteiger partial charge is 0.488 e. The van der Waals surface area contributed by atoms with E-state index < -0.39 is 0 Å². The van der Waals surface area contributed by atoms with Crippen LogP contribution in [-0.2, 0) is 11.3 Å².